The van der Waals surface area contributed by atoms with E-state index in [-0.39, 0.29) is 36.7 Å². The molecule has 2 aromatic rings. The van der Waals surface area contributed by atoms with Crippen molar-refractivity contribution in [2.24, 2.45) is 5.10 Å². The van der Waals surface area contributed by atoms with Gasteiger partial charge in [-0.05, 0) is 42.6 Å². The zero-order chi connectivity index (χ0) is 24.8. The first kappa shape index (κ1) is 24.9. The van der Waals surface area contributed by atoms with Crippen molar-refractivity contribution >= 4 is 17.5 Å². The van der Waals surface area contributed by atoms with E-state index >= 15 is 0 Å². The van der Waals surface area contributed by atoms with Gasteiger partial charge in [0.05, 0.1) is 18.9 Å². The average Bonchev–Trinajstić information content (AvgIpc) is 3.37. The van der Waals surface area contributed by atoms with Crippen molar-refractivity contribution in [1.29, 1.82) is 0 Å². The average molecular weight is 477 g/mol. The molecule has 2 aliphatic rings. The Bertz CT molecular complexity index is 1030. The number of methoxy groups -OCH3 is 1. The summed E-state index contributed by atoms with van der Waals surface area (Å²) in [5.74, 6) is 0.673. The summed E-state index contributed by atoms with van der Waals surface area (Å²) >= 11 is 0. The van der Waals surface area contributed by atoms with E-state index in [9.17, 15) is 9.59 Å². The Kier molecular flexibility index (Phi) is 8.18. The third-order valence-electron chi connectivity index (χ3n) is 7.27. The fourth-order valence-corrected chi connectivity index (χ4v) is 4.96. The van der Waals surface area contributed by atoms with Crippen LogP contribution in [-0.4, -0.2) is 72.2 Å². The lowest BCUT2D eigenvalue weighted by atomic mass is 9.98. The summed E-state index contributed by atoms with van der Waals surface area (Å²) < 4.78 is 5.29. The van der Waals surface area contributed by atoms with E-state index in [2.05, 4.69) is 11.8 Å². The molecular weight excluding hydrogens is 440 g/mol. The maximum absolute atomic E-state index is 13.3. The van der Waals surface area contributed by atoms with Crippen molar-refractivity contribution in [3.8, 4) is 5.75 Å². The molecule has 1 saturated heterocycles. The molecule has 4 rings (SSSR count). The van der Waals surface area contributed by atoms with E-state index in [0.29, 0.717) is 6.42 Å². The molecule has 0 bridgehead atoms. The highest BCUT2D eigenvalue weighted by Gasteiger charge is 2.33. The number of hydrogen-bond acceptors (Lipinski definition) is 5. The molecule has 2 aromatic carbocycles. The molecule has 0 aliphatic carbocycles. The van der Waals surface area contributed by atoms with Gasteiger partial charge in [0, 0.05) is 45.4 Å². The minimum atomic E-state index is -0.199. The zero-order valence-electron chi connectivity index (χ0n) is 21.0. The van der Waals surface area contributed by atoms with Gasteiger partial charge in [0.2, 0.25) is 11.8 Å². The predicted molar refractivity (Wildman–Crippen MR) is 137 cm³/mol. The molecule has 0 spiro atoms. The Balaban J connectivity index is 1.43. The molecule has 7 nitrogen and oxygen atoms in total. The van der Waals surface area contributed by atoms with Gasteiger partial charge in [0.1, 0.15) is 5.75 Å². The van der Waals surface area contributed by atoms with Crippen LogP contribution in [0.5, 0.6) is 5.75 Å². The number of rotatable bonds is 8. The zero-order valence-corrected chi connectivity index (χ0v) is 21.0. The van der Waals surface area contributed by atoms with Crippen LogP contribution in [0, 0.1) is 0 Å². The van der Waals surface area contributed by atoms with Crippen LogP contribution in [0.3, 0.4) is 0 Å². The van der Waals surface area contributed by atoms with Crippen molar-refractivity contribution in [3.05, 3.63) is 65.7 Å². The van der Waals surface area contributed by atoms with Crippen LogP contribution in [0.1, 0.15) is 56.2 Å². The number of benzene rings is 2. The lowest BCUT2D eigenvalue weighted by Crippen LogP contribution is -2.45. The number of piperidine rings is 1. The van der Waals surface area contributed by atoms with Gasteiger partial charge >= 0.3 is 0 Å². The lowest BCUT2D eigenvalue weighted by Gasteiger charge is -2.36. The number of ether oxygens (including phenoxy) is 1. The molecule has 0 radical (unpaired) electrons. The summed E-state index contributed by atoms with van der Waals surface area (Å²) in [6.45, 7) is 5.26. The number of carbonyl (C=O) groups excluding carboxylic acids is 2. The second-order valence-electron chi connectivity index (χ2n) is 9.31. The second-order valence-corrected chi connectivity index (χ2v) is 9.31. The summed E-state index contributed by atoms with van der Waals surface area (Å²) in [5, 5.41) is 6.31. The summed E-state index contributed by atoms with van der Waals surface area (Å²) in [4.78, 5) is 30.5. The first-order valence-electron chi connectivity index (χ1n) is 12.6. The molecule has 7 heteroatoms. The molecule has 1 atom stereocenters. The Hall–Kier alpha value is -3.19. The van der Waals surface area contributed by atoms with Gasteiger partial charge in [-0.25, -0.2) is 5.01 Å². The minimum absolute atomic E-state index is 0.0285. The number of carbonyl (C=O) groups is 2. The number of hydrazone groups is 1. The normalized spacial score (nSPS) is 18.9. The predicted octanol–water partition coefficient (Wildman–Crippen LogP) is 4.10. The van der Waals surface area contributed by atoms with Crippen molar-refractivity contribution in [2.75, 3.05) is 33.8 Å². The van der Waals surface area contributed by atoms with Gasteiger partial charge in [0.15, 0.2) is 0 Å². The van der Waals surface area contributed by atoms with Gasteiger partial charge < -0.3 is 14.5 Å². The highest BCUT2D eigenvalue weighted by atomic mass is 16.5. The van der Waals surface area contributed by atoms with Gasteiger partial charge in [-0.3, -0.25) is 9.59 Å². The third-order valence-corrected chi connectivity index (χ3v) is 7.27. The smallest absolute Gasteiger partial charge is 0.243 e. The van der Waals surface area contributed by atoms with Crippen molar-refractivity contribution < 1.29 is 14.3 Å². The van der Waals surface area contributed by atoms with Gasteiger partial charge in [-0.2, -0.15) is 5.10 Å². The maximum atomic E-state index is 13.3. The third kappa shape index (κ3) is 5.90. The Morgan fingerprint density at radius 2 is 1.71 bits per heavy atom. The molecule has 2 aliphatic heterocycles. The standard InChI is InChI=1S/C28H36N4O3/c1-4-31-18-16-23(17-19-31)30(2)27(33)14-15-28(34)32-26(22-10-12-24(35-3)13-11-22)20-25(29-32)21-8-6-5-7-9-21/h5-13,23,26H,4,14-20H2,1-3H3. The summed E-state index contributed by atoms with van der Waals surface area (Å²) in [5.41, 5.74) is 2.89. The first-order chi connectivity index (χ1) is 17.0. The monoisotopic (exact) mass is 476 g/mol. The van der Waals surface area contributed by atoms with E-state index in [1.165, 1.54) is 0 Å². The van der Waals surface area contributed by atoms with E-state index in [0.717, 1.165) is 55.1 Å². The van der Waals surface area contributed by atoms with Gasteiger partial charge in [-0.15, -0.1) is 0 Å². The number of likely N-dealkylation sites (tertiary alicyclic amines) is 1. The van der Waals surface area contributed by atoms with Crippen molar-refractivity contribution in [1.82, 2.24) is 14.8 Å². The fraction of sp³-hybridized carbons (Fsp3) is 0.464. The molecule has 186 valence electrons. The van der Waals surface area contributed by atoms with E-state index in [4.69, 9.17) is 9.84 Å². The molecular formula is C28H36N4O3. The van der Waals surface area contributed by atoms with Crippen LogP contribution < -0.4 is 4.74 Å². The van der Waals surface area contributed by atoms with Crippen LogP contribution in [0.4, 0.5) is 0 Å². The van der Waals surface area contributed by atoms with Crippen molar-refractivity contribution in [2.45, 2.75) is 51.1 Å². The van der Waals surface area contributed by atoms with Gasteiger partial charge in [0.25, 0.3) is 0 Å². The highest BCUT2D eigenvalue weighted by Crippen LogP contribution is 2.34. The molecule has 2 amide bonds. The Morgan fingerprint density at radius 1 is 1.03 bits per heavy atom. The molecule has 1 fully saturated rings. The van der Waals surface area contributed by atoms with Crippen LogP contribution in [0.2, 0.25) is 0 Å². The molecule has 35 heavy (non-hydrogen) atoms. The summed E-state index contributed by atoms with van der Waals surface area (Å²) in [7, 11) is 3.51. The molecule has 0 aromatic heterocycles. The largest absolute Gasteiger partial charge is 0.497 e. The second kappa shape index (κ2) is 11.5. The fourth-order valence-electron chi connectivity index (χ4n) is 4.96. The maximum Gasteiger partial charge on any atom is 0.243 e. The van der Waals surface area contributed by atoms with Crippen LogP contribution >= 0.6 is 0 Å². The molecule has 0 N–H and O–H groups in total. The van der Waals surface area contributed by atoms with Crippen LogP contribution in [-0.2, 0) is 9.59 Å². The molecule has 2 heterocycles. The van der Waals surface area contributed by atoms with E-state index in [1.807, 2.05) is 66.5 Å². The highest BCUT2D eigenvalue weighted by molar-refractivity contribution is 6.03. The van der Waals surface area contributed by atoms with Crippen LogP contribution in [0.15, 0.2) is 59.7 Å². The van der Waals surface area contributed by atoms with Crippen LogP contribution in [0.25, 0.3) is 0 Å². The quantitative estimate of drug-likeness (QED) is 0.576. The van der Waals surface area contributed by atoms with E-state index < -0.39 is 0 Å². The number of amides is 2. The first-order valence-corrected chi connectivity index (χ1v) is 12.6. The van der Waals surface area contributed by atoms with E-state index in [1.54, 1.807) is 12.1 Å². The number of nitrogens with zero attached hydrogens (tertiary/aromatic N) is 4. The summed E-state index contributed by atoms with van der Waals surface area (Å²) in [6.07, 6.45) is 2.95. The summed E-state index contributed by atoms with van der Waals surface area (Å²) in [6, 6.07) is 17.8. The lowest BCUT2D eigenvalue weighted by molar-refractivity contribution is -0.138. The Labute approximate surface area is 208 Å². The molecule has 0 saturated carbocycles. The minimum Gasteiger partial charge on any atom is -0.497 e. The molecule has 1 unspecified atom stereocenters. The van der Waals surface area contributed by atoms with Gasteiger partial charge in [-0.1, -0.05) is 49.4 Å². The van der Waals surface area contributed by atoms with Crippen molar-refractivity contribution in [3.63, 3.8) is 0 Å². The topological polar surface area (TPSA) is 65.5 Å². The SMILES string of the molecule is CCN1CCC(N(C)C(=O)CCC(=O)N2N=C(c3ccccc3)CC2c2ccc(OC)cc2)CC1. The Morgan fingerprint density at radius 3 is 2.34 bits per heavy atom. The number of hydrogen-bond donors (Lipinski definition) is 0.